The zero-order valence-electron chi connectivity index (χ0n) is 13.0. The quantitative estimate of drug-likeness (QED) is 0.878. The maximum atomic E-state index is 12.5. The van der Waals surface area contributed by atoms with Gasteiger partial charge in [-0.1, -0.05) is 15.9 Å². The zero-order chi connectivity index (χ0) is 16.3. The molecular weight excluding hydrogens is 346 g/mol. The Balaban J connectivity index is 2.33. The van der Waals surface area contributed by atoms with E-state index in [1.165, 1.54) is 0 Å². The minimum absolute atomic E-state index is 0.206. The van der Waals surface area contributed by atoms with Crippen molar-refractivity contribution < 1.29 is 14.3 Å². The van der Waals surface area contributed by atoms with Crippen LogP contribution in [-0.2, 0) is 0 Å². The Bertz CT molecular complexity index is 688. The highest BCUT2D eigenvalue weighted by Gasteiger charge is 2.14. The number of rotatable bonds is 4. The van der Waals surface area contributed by atoms with Gasteiger partial charge in [-0.3, -0.25) is 4.79 Å². The van der Waals surface area contributed by atoms with Crippen LogP contribution in [0.3, 0.4) is 0 Å². The van der Waals surface area contributed by atoms with Crippen molar-refractivity contribution in [2.75, 3.05) is 19.5 Å². The number of carbonyl (C=O) groups is 1. The van der Waals surface area contributed by atoms with E-state index in [4.69, 9.17) is 9.47 Å². The number of aryl methyl sites for hydroxylation is 1. The van der Waals surface area contributed by atoms with Gasteiger partial charge in [0.15, 0.2) is 0 Å². The summed E-state index contributed by atoms with van der Waals surface area (Å²) in [6, 6.07) is 9.12. The van der Waals surface area contributed by atoms with E-state index in [0.717, 1.165) is 21.3 Å². The van der Waals surface area contributed by atoms with Crippen molar-refractivity contribution in [1.29, 1.82) is 0 Å². The largest absolute Gasteiger partial charge is 0.496 e. The third kappa shape index (κ3) is 3.42. The van der Waals surface area contributed by atoms with Crippen molar-refractivity contribution in [3.8, 4) is 11.5 Å². The molecular formula is C17H18BrNO3. The van der Waals surface area contributed by atoms with E-state index in [0.29, 0.717) is 17.1 Å². The lowest BCUT2D eigenvalue weighted by atomic mass is 10.1. The fourth-order valence-corrected chi connectivity index (χ4v) is 2.65. The van der Waals surface area contributed by atoms with Crippen LogP contribution in [0, 0.1) is 13.8 Å². The number of amides is 1. The second kappa shape index (κ2) is 6.83. The minimum Gasteiger partial charge on any atom is -0.496 e. The number of hydrogen-bond donors (Lipinski definition) is 1. The third-order valence-corrected chi connectivity index (χ3v) is 3.94. The molecule has 0 aromatic heterocycles. The molecule has 0 saturated heterocycles. The van der Waals surface area contributed by atoms with Crippen molar-refractivity contribution >= 4 is 27.5 Å². The van der Waals surface area contributed by atoms with Crippen molar-refractivity contribution in [3.05, 3.63) is 51.5 Å². The molecule has 116 valence electrons. The zero-order valence-corrected chi connectivity index (χ0v) is 14.6. The van der Waals surface area contributed by atoms with Crippen molar-refractivity contribution in [1.82, 2.24) is 0 Å². The van der Waals surface area contributed by atoms with Crippen LogP contribution < -0.4 is 14.8 Å². The lowest BCUT2D eigenvalue weighted by molar-refractivity contribution is 0.102. The molecule has 0 atom stereocenters. The first-order chi connectivity index (χ1) is 10.5. The average molecular weight is 364 g/mol. The van der Waals surface area contributed by atoms with Gasteiger partial charge in [0.1, 0.15) is 11.5 Å². The molecule has 22 heavy (non-hydrogen) atoms. The smallest absolute Gasteiger partial charge is 0.255 e. The van der Waals surface area contributed by atoms with Gasteiger partial charge in [0.2, 0.25) is 0 Å². The maximum absolute atomic E-state index is 12.5. The third-order valence-electron chi connectivity index (χ3n) is 3.45. The first-order valence-corrected chi connectivity index (χ1v) is 7.55. The lowest BCUT2D eigenvalue weighted by Crippen LogP contribution is -2.13. The van der Waals surface area contributed by atoms with Crippen LogP contribution in [0.2, 0.25) is 0 Å². The standard InChI is InChI=1S/C17H18BrNO3/c1-10-7-13(18)5-6-14(10)19-17(20)12-8-15(21-3)11(2)16(9-12)22-4/h5-9H,1-4H3,(H,19,20). The Kier molecular flexibility index (Phi) is 5.08. The monoisotopic (exact) mass is 363 g/mol. The number of nitrogens with one attached hydrogen (secondary N) is 1. The van der Waals surface area contributed by atoms with E-state index in [2.05, 4.69) is 21.2 Å². The molecule has 0 aliphatic rings. The van der Waals surface area contributed by atoms with Gasteiger partial charge in [-0.15, -0.1) is 0 Å². The van der Waals surface area contributed by atoms with Crippen LogP contribution >= 0.6 is 15.9 Å². The molecule has 0 spiro atoms. The second-order valence-electron chi connectivity index (χ2n) is 4.92. The van der Waals surface area contributed by atoms with Gasteiger partial charge in [-0.2, -0.15) is 0 Å². The van der Waals surface area contributed by atoms with E-state index < -0.39 is 0 Å². The first kappa shape index (κ1) is 16.4. The summed E-state index contributed by atoms with van der Waals surface area (Å²) in [5.41, 5.74) is 3.10. The van der Waals surface area contributed by atoms with E-state index in [1.807, 2.05) is 32.0 Å². The summed E-state index contributed by atoms with van der Waals surface area (Å²) >= 11 is 3.41. The molecule has 2 aromatic carbocycles. The average Bonchev–Trinajstić information content (AvgIpc) is 2.50. The summed E-state index contributed by atoms with van der Waals surface area (Å²) in [4.78, 5) is 12.5. The van der Waals surface area contributed by atoms with E-state index in [1.54, 1.807) is 26.4 Å². The van der Waals surface area contributed by atoms with Crippen LogP contribution in [0.25, 0.3) is 0 Å². The molecule has 0 aliphatic carbocycles. The molecule has 0 saturated carbocycles. The number of hydrogen-bond acceptors (Lipinski definition) is 3. The molecule has 2 aromatic rings. The molecule has 5 heteroatoms. The Labute approximate surface area is 138 Å². The summed E-state index contributed by atoms with van der Waals surface area (Å²) in [5.74, 6) is 1.04. The molecule has 0 unspecified atom stereocenters. The number of ether oxygens (including phenoxy) is 2. The molecule has 0 heterocycles. The fraction of sp³-hybridized carbons (Fsp3) is 0.235. The Morgan fingerprint density at radius 3 is 2.14 bits per heavy atom. The maximum Gasteiger partial charge on any atom is 0.255 e. The van der Waals surface area contributed by atoms with E-state index in [9.17, 15) is 4.79 Å². The van der Waals surface area contributed by atoms with Gasteiger partial charge in [-0.05, 0) is 49.7 Å². The topological polar surface area (TPSA) is 47.6 Å². The predicted octanol–water partition coefficient (Wildman–Crippen LogP) is 4.34. The van der Waals surface area contributed by atoms with Gasteiger partial charge in [0.25, 0.3) is 5.91 Å². The first-order valence-electron chi connectivity index (χ1n) is 6.76. The fourth-order valence-electron chi connectivity index (χ4n) is 2.18. The van der Waals surface area contributed by atoms with Crippen molar-refractivity contribution in [3.63, 3.8) is 0 Å². The molecule has 0 radical (unpaired) electrons. The normalized spacial score (nSPS) is 10.2. The minimum atomic E-state index is -0.206. The number of carbonyl (C=O) groups excluding carboxylic acids is 1. The number of methoxy groups -OCH3 is 2. The molecule has 0 aliphatic heterocycles. The predicted molar refractivity (Wildman–Crippen MR) is 91.1 cm³/mol. The summed E-state index contributed by atoms with van der Waals surface area (Å²) in [6.07, 6.45) is 0. The Hall–Kier alpha value is -2.01. The van der Waals surface area contributed by atoms with Crippen LogP contribution in [-0.4, -0.2) is 20.1 Å². The molecule has 0 bridgehead atoms. The summed E-state index contributed by atoms with van der Waals surface area (Å²) in [5, 5.41) is 2.90. The lowest BCUT2D eigenvalue weighted by Gasteiger charge is -2.13. The second-order valence-corrected chi connectivity index (χ2v) is 5.83. The Morgan fingerprint density at radius 2 is 1.64 bits per heavy atom. The van der Waals surface area contributed by atoms with Crippen LogP contribution in [0.15, 0.2) is 34.8 Å². The number of halogens is 1. The summed E-state index contributed by atoms with van der Waals surface area (Å²) in [7, 11) is 3.14. The Morgan fingerprint density at radius 1 is 1.05 bits per heavy atom. The van der Waals surface area contributed by atoms with Crippen LogP contribution in [0.5, 0.6) is 11.5 Å². The van der Waals surface area contributed by atoms with Crippen molar-refractivity contribution in [2.45, 2.75) is 13.8 Å². The SMILES string of the molecule is COc1cc(C(=O)Nc2ccc(Br)cc2C)cc(OC)c1C. The van der Waals surface area contributed by atoms with Gasteiger partial charge in [-0.25, -0.2) is 0 Å². The van der Waals surface area contributed by atoms with Crippen LogP contribution in [0.4, 0.5) is 5.69 Å². The number of anilines is 1. The molecule has 1 N–H and O–H groups in total. The van der Waals surface area contributed by atoms with Gasteiger partial charge in [0, 0.05) is 21.3 Å². The van der Waals surface area contributed by atoms with Gasteiger partial charge >= 0.3 is 0 Å². The van der Waals surface area contributed by atoms with E-state index >= 15 is 0 Å². The molecule has 4 nitrogen and oxygen atoms in total. The summed E-state index contributed by atoms with van der Waals surface area (Å²) < 4.78 is 11.6. The summed E-state index contributed by atoms with van der Waals surface area (Å²) in [6.45, 7) is 3.83. The van der Waals surface area contributed by atoms with Crippen molar-refractivity contribution in [2.24, 2.45) is 0 Å². The highest BCUT2D eigenvalue weighted by atomic mass is 79.9. The van der Waals surface area contributed by atoms with E-state index in [-0.39, 0.29) is 5.91 Å². The van der Waals surface area contributed by atoms with Crippen LogP contribution in [0.1, 0.15) is 21.5 Å². The molecule has 1 amide bonds. The highest BCUT2D eigenvalue weighted by molar-refractivity contribution is 9.10. The van der Waals surface area contributed by atoms with Gasteiger partial charge in [0.05, 0.1) is 14.2 Å². The van der Waals surface area contributed by atoms with Gasteiger partial charge < -0.3 is 14.8 Å². The molecule has 2 rings (SSSR count). The molecule has 0 fully saturated rings. The number of benzene rings is 2. The highest BCUT2D eigenvalue weighted by Crippen LogP contribution is 2.30.